The summed E-state index contributed by atoms with van der Waals surface area (Å²) in [5, 5.41) is 18.2. The Labute approximate surface area is 176 Å². The van der Waals surface area contributed by atoms with Crippen molar-refractivity contribution >= 4 is 22.8 Å². The summed E-state index contributed by atoms with van der Waals surface area (Å²) in [6, 6.07) is 9.88. The number of hydrogen-bond acceptors (Lipinski definition) is 4. The number of nitriles is 2. The molecule has 31 heavy (non-hydrogen) atoms. The number of benzene rings is 2. The van der Waals surface area contributed by atoms with Gasteiger partial charge in [0.1, 0.15) is 0 Å². The molecule has 0 spiro atoms. The molecule has 0 fully saturated rings. The molecule has 0 saturated heterocycles. The van der Waals surface area contributed by atoms with E-state index in [1.165, 1.54) is 22.8 Å². The Balaban J connectivity index is 2.14. The molecule has 3 rings (SSSR count). The lowest BCUT2D eigenvalue weighted by Crippen LogP contribution is -2.15. The highest BCUT2D eigenvalue weighted by Crippen LogP contribution is 2.38. The van der Waals surface area contributed by atoms with E-state index in [2.05, 4.69) is 4.98 Å². The third-order valence-electron chi connectivity index (χ3n) is 4.36. The minimum atomic E-state index is -5.00. The summed E-state index contributed by atoms with van der Waals surface area (Å²) >= 11 is 1.14. The molecule has 0 aliphatic heterocycles. The van der Waals surface area contributed by atoms with Crippen LogP contribution in [-0.4, -0.2) is 15.3 Å². The van der Waals surface area contributed by atoms with Crippen LogP contribution in [0.25, 0.3) is 11.0 Å². The van der Waals surface area contributed by atoms with Crippen molar-refractivity contribution in [2.24, 2.45) is 0 Å². The Morgan fingerprint density at radius 2 is 1.71 bits per heavy atom. The number of alkyl halides is 6. The van der Waals surface area contributed by atoms with Gasteiger partial charge in [0.05, 0.1) is 46.4 Å². The number of imidazole rings is 1. The Morgan fingerprint density at radius 3 is 2.32 bits per heavy atom. The Kier molecular flexibility index (Phi) is 6.18. The predicted octanol–water partition coefficient (Wildman–Crippen LogP) is 6.00. The zero-order valence-electron chi connectivity index (χ0n) is 15.6. The molecular formula is C20H12F6N4S. The summed E-state index contributed by atoms with van der Waals surface area (Å²) in [5.41, 5.74) is -2.12. The lowest BCUT2D eigenvalue weighted by Gasteiger charge is -2.17. The summed E-state index contributed by atoms with van der Waals surface area (Å²) in [6.45, 7) is -0.409. The molecule has 0 N–H and O–H groups in total. The van der Waals surface area contributed by atoms with Crippen molar-refractivity contribution < 1.29 is 26.3 Å². The van der Waals surface area contributed by atoms with Crippen LogP contribution in [-0.2, 0) is 18.9 Å². The van der Waals surface area contributed by atoms with E-state index in [-0.39, 0.29) is 23.6 Å². The largest absolute Gasteiger partial charge is 0.416 e. The van der Waals surface area contributed by atoms with Gasteiger partial charge in [-0.1, -0.05) is 17.8 Å². The molecule has 1 heterocycles. The summed E-state index contributed by atoms with van der Waals surface area (Å²) < 4.78 is 80.9. The molecule has 0 unspecified atom stereocenters. The maximum atomic E-state index is 13.6. The third-order valence-corrected chi connectivity index (χ3v) is 5.34. The van der Waals surface area contributed by atoms with Crippen LogP contribution in [0.1, 0.15) is 28.7 Å². The van der Waals surface area contributed by atoms with Crippen LogP contribution in [0.2, 0.25) is 0 Å². The van der Waals surface area contributed by atoms with Gasteiger partial charge >= 0.3 is 12.4 Å². The first-order valence-electron chi connectivity index (χ1n) is 8.72. The monoisotopic (exact) mass is 454 g/mol. The van der Waals surface area contributed by atoms with Crippen LogP contribution in [0.5, 0.6) is 0 Å². The van der Waals surface area contributed by atoms with Gasteiger partial charge in [-0.05, 0) is 35.9 Å². The van der Waals surface area contributed by atoms with Gasteiger partial charge in [-0.25, -0.2) is 4.98 Å². The van der Waals surface area contributed by atoms with Crippen LogP contribution >= 0.6 is 11.8 Å². The average molecular weight is 454 g/mol. The zero-order chi connectivity index (χ0) is 22.8. The average Bonchev–Trinajstić information content (AvgIpc) is 3.03. The van der Waals surface area contributed by atoms with Gasteiger partial charge in [0.25, 0.3) is 0 Å². The number of thioether (sulfide) groups is 1. The van der Waals surface area contributed by atoms with E-state index in [1.807, 2.05) is 12.1 Å². The van der Waals surface area contributed by atoms with E-state index in [0.717, 1.165) is 17.8 Å². The van der Waals surface area contributed by atoms with Crippen molar-refractivity contribution in [2.45, 2.75) is 30.5 Å². The second-order valence-corrected chi connectivity index (χ2v) is 7.48. The first-order valence-corrected chi connectivity index (χ1v) is 9.70. The second-order valence-electron chi connectivity index (χ2n) is 6.42. The molecule has 160 valence electrons. The quantitative estimate of drug-likeness (QED) is 0.270. The van der Waals surface area contributed by atoms with E-state index in [9.17, 15) is 26.3 Å². The van der Waals surface area contributed by atoms with Crippen LogP contribution in [0, 0.1) is 22.7 Å². The van der Waals surface area contributed by atoms with Gasteiger partial charge in [0.15, 0.2) is 5.16 Å². The molecule has 0 amide bonds. The molecule has 0 aliphatic rings. The normalized spacial score (nSPS) is 12.0. The van der Waals surface area contributed by atoms with Crippen molar-refractivity contribution in [3.8, 4) is 12.1 Å². The molecule has 0 bridgehead atoms. The van der Waals surface area contributed by atoms with Crippen molar-refractivity contribution in [3.05, 3.63) is 58.7 Å². The van der Waals surface area contributed by atoms with Gasteiger partial charge in [-0.2, -0.15) is 36.9 Å². The van der Waals surface area contributed by atoms with E-state index in [0.29, 0.717) is 28.0 Å². The molecule has 0 aliphatic carbocycles. The van der Waals surface area contributed by atoms with Gasteiger partial charge in [-0.15, -0.1) is 0 Å². The van der Waals surface area contributed by atoms with Crippen molar-refractivity contribution in [1.29, 1.82) is 10.5 Å². The Hall–Kier alpha value is -3.18. The first kappa shape index (κ1) is 22.5. The minimum absolute atomic E-state index is 0.0949. The molecule has 11 heteroatoms. The molecule has 0 saturated carbocycles. The van der Waals surface area contributed by atoms with Crippen LogP contribution in [0.4, 0.5) is 26.3 Å². The highest BCUT2D eigenvalue weighted by atomic mass is 32.2. The lowest BCUT2D eigenvalue weighted by atomic mass is 10.0. The number of hydrogen-bond donors (Lipinski definition) is 0. The maximum absolute atomic E-state index is 13.6. The number of halogens is 6. The molecule has 0 atom stereocenters. The number of fused-ring (bicyclic) bond motifs is 1. The summed E-state index contributed by atoms with van der Waals surface area (Å²) in [5.74, 6) is 0.323. The van der Waals surface area contributed by atoms with E-state index >= 15 is 0 Å². The fourth-order valence-corrected chi connectivity index (χ4v) is 3.80. The highest BCUT2D eigenvalue weighted by molar-refractivity contribution is 7.99. The number of rotatable bonds is 5. The SMILES string of the molecule is N#CCCSc1nc2ccc(C#N)cc2n1Cc1ccc(C(F)(F)F)cc1C(F)(F)F. The van der Waals surface area contributed by atoms with Crippen LogP contribution in [0.15, 0.2) is 41.6 Å². The van der Waals surface area contributed by atoms with Crippen molar-refractivity contribution in [3.63, 3.8) is 0 Å². The topological polar surface area (TPSA) is 65.4 Å². The minimum Gasteiger partial charge on any atom is -0.314 e. The fraction of sp³-hybridized carbons (Fsp3) is 0.250. The van der Waals surface area contributed by atoms with Gasteiger partial charge in [0, 0.05) is 12.2 Å². The van der Waals surface area contributed by atoms with Gasteiger partial charge < -0.3 is 4.57 Å². The fourth-order valence-electron chi connectivity index (χ4n) is 2.95. The number of nitrogens with zero attached hydrogens (tertiary/aromatic N) is 4. The molecule has 3 aromatic rings. The van der Waals surface area contributed by atoms with Crippen LogP contribution < -0.4 is 0 Å². The summed E-state index contributed by atoms with van der Waals surface area (Å²) in [6.07, 6.45) is -9.75. The Bertz CT molecular complexity index is 1200. The summed E-state index contributed by atoms with van der Waals surface area (Å²) in [7, 11) is 0. The van der Waals surface area contributed by atoms with E-state index < -0.39 is 30.0 Å². The van der Waals surface area contributed by atoms with Gasteiger partial charge in [-0.3, -0.25) is 0 Å². The lowest BCUT2D eigenvalue weighted by molar-refractivity contribution is -0.143. The molecule has 4 nitrogen and oxygen atoms in total. The molecule has 2 aromatic carbocycles. The smallest absolute Gasteiger partial charge is 0.314 e. The first-order chi connectivity index (χ1) is 14.5. The highest BCUT2D eigenvalue weighted by Gasteiger charge is 2.38. The summed E-state index contributed by atoms with van der Waals surface area (Å²) in [4.78, 5) is 4.35. The van der Waals surface area contributed by atoms with Gasteiger partial charge in [0.2, 0.25) is 0 Å². The molecular weight excluding hydrogens is 442 g/mol. The zero-order valence-corrected chi connectivity index (χ0v) is 16.4. The predicted molar refractivity (Wildman–Crippen MR) is 101 cm³/mol. The molecule has 0 radical (unpaired) electrons. The Morgan fingerprint density at radius 1 is 0.968 bits per heavy atom. The maximum Gasteiger partial charge on any atom is 0.416 e. The van der Waals surface area contributed by atoms with E-state index in [1.54, 1.807) is 0 Å². The standard InChI is InChI=1S/C20H12F6N4S/c21-19(22,23)14-4-3-13(15(9-14)20(24,25)26)11-30-17-8-12(10-28)2-5-16(17)29-18(30)31-7-1-6-27/h2-5,8-9H,1,7,11H2. The van der Waals surface area contributed by atoms with Crippen molar-refractivity contribution in [1.82, 2.24) is 9.55 Å². The third kappa shape index (κ3) is 4.94. The van der Waals surface area contributed by atoms with Crippen molar-refractivity contribution in [2.75, 3.05) is 5.75 Å². The second kappa shape index (κ2) is 8.52. The van der Waals surface area contributed by atoms with Crippen LogP contribution in [0.3, 0.4) is 0 Å². The van der Waals surface area contributed by atoms with E-state index in [4.69, 9.17) is 10.5 Å². The number of aromatic nitrogens is 2. The molecule has 1 aromatic heterocycles.